The number of Topliss-reactive ketones (excluding diaryl/α,β-unsaturated/α-hetero) is 1. The maximum atomic E-state index is 13.9. The first-order valence-electron chi connectivity index (χ1n) is 5.29. The van der Waals surface area contributed by atoms with Crippen molar-refractivity contribution >= 4 is 23.4 Å². The van der Waals surface area contributed by atoms with Crippen LogP contribution in [-0.2, 0) is 9.53 Å². The molecule has 0 unspecified atom stereocenters. The van der Waals surface area contributed by atoms with E-state index in [4.69, 9.17) is 21.1 Å². The van der Waals surface area contributed by atoms with E-state index in [1.54, 1.807) is 0 Å². The van der Waals surface area contributed by atoms with Crippen molar-refractivity contribution < 1.29 is 28.2 Å². The van der Waals surface area contributed by atoms with Crippen molar-refractivity contribution in [2.75, 3.05) is 20.8 Å². The molecule has 0 radical (unpaired) electrons. The monoisotopic (exact) mass is 290 g/mol. The molecule has 0 spiro atoms. The standard InChI is InChI=1S/C12H12ClFO5/c1-4-19-12(16)10(15)8-9(14)6(13)5-7(17-2)11(8)18-3/h5H,4H2,1-3H3. The summed E-state index contributed by atoms with van der Waals surface area (Å²) in [7, 11) is 2.51. The Bertz CT molecular complexity index is 515. The minimum absolute atomic E-state index is 0.00773. The molecule has 1 rings (SSSR count). The van der Waals surface area contributed by atoms with Gasteiger partial charge in [0, 0.05) is 6.07 Å². The van der Waals surface area contributed by atoms with Crippen LogP contribution < -0.4 is 9.47 Å². The van der Waals surface area contributed by atoms with Gasteiger partial charge in [-0.25, -0.2) is 9.18 Å². The first-order chi connectivity index (χ1) is 8.97. The van der Waals surface area contributed by atoms with Crippen LogP contribution in [0.25, 0.3) is 0 Å². The molecule has 7 heteroatoms. The van der Waals surface area contributed by atoms with E-state index in [2.05, 4.69) is 4.74 Å². The van der Waals surface area contributed by atoms with Gasteiger partial charge in [0.2, 0.25) is 0 Å². The van der Waals surface area contributed by atoms with Gasteiger partial charge in [0.1, 0.15) is 5.56 Å². The molecule has 0 amide bonds. The van der Waals surface area contributed by atoms with E-state index in [0.29, 0.717) is 0 Å². The molecule has 0 saturated heterocycles. The molecule has 0 atom stereocenters. The van der Waals surface area contributed by atoms with Crippen LogP contribution >= 0.6 is 11.6 Å². The van der Waals surface area contributed by atoms with Gasteiger partial charge >= 0.3 is 5.97 Å². The molecule has 1 aromatic carbocycles. The van der Waals surface area contributed by atoms with Gasteiger partial charge in [-0.2, -0.15) is 0 Å². The van der Waals surface area contributed by atoms with Gasteiger partial charge in [-0.15, -0.1) is 0 Å². The Hall–Kier alpha value is -1.82. The fraction of sp³-hybridized carbons (Fsp3) is 0.333. The zero-order valence-corrected chi connectivity index (χ0v) is 11.3. The molecule has 104 valence electrons. The predicted molar refractivity (Wildman–Crippen MR) is 65.5 cm³/mol. The molecule has 19 heavy (non-hydrogen) atoms. The highest BCUT2D eigenvalue weighted by Gasteiger charge is 2.30. The lowest BCUT2D eigenvalue weighted by molar-refractivity contribution is -0.137. The second kappa shape index (κ2) is 6.38. The molecule has 0 aromatic heterocycles. The highest BCUT2D eigenvalue weighted by molar-refractivity contribution is 6.42. The van der Waals surface area contributed by atoms with E-state index >= 15 is 0 Å². The van der Waals surface area contributed by atoms with Gasteiger partial charge in [-0.1, -0.05) is 11.6 Å². The lowest BCUT2D eigenvalue weighted by atomic mass is 10.1. The predicted octanol–water partition coefficient (Wildman–Crippen LogP) is 2.24. The zero-order valence-electron chi connectivity index (χ0n) is 10.6. The zero-order chi connectivity index (χ0) is 14.6. The Kier molecular flexibility index (Phi) is 5.11. The number of hydrogen-bond acceptors (Lipinski definition) is 5. The summed E-state index contributed by atoms with van der Waals surface area (Å²) in [4.78, 5) is 23.2. The average molecular weight is 291 g/mol. The third-order valence-electron chi connectivity index (χ3n) is 2.25. The second-order valence-corrected chi connectivity index (χ2v) is 3.74. The quantitative estimate of drug-likeness (QED) is 0.473. The fourth-order valence-electron chi connectivity index (χ4n) is 1.44. The highest BCUT2D eigenvalue weighted by atomic mass is 35.5. The van der Waals surface area contributed by atoms with Crippen molar-refractivity contribution in [1.82, 2.24) is 0 Å². The van der Waals surface area contributed by atoms with Crippen molar-refractivity contribution in [1.29, 1.82) is 0 Å². The van der Waals surface area contributed by atoms with E-state index in [0.717, 1.165) is 6.07 Å². The molecule has 0 fully saturated rings. The van der Waals surface area contributed by atoms with E-state index in [9.17, 15) is 14.0 Å². The van der Waals surface area contributed by atoms with Gasteiger partial charge in [0.05, 0.1) is 25.8 Å². The van der Waals surface area contributed by atoms with Gasteiger partial charge in [-0.05, 0) is 6.92 Å². The Balaban J connectivity index is 3.43. The Morgan fingerprint density at radius 2 is 1.95 bits per heavy atom. The smallest absolute Gasteiger partial charge is 0.379 e. The van der Waals surface area contributed by atoms with Crippen LogP contribution in [0.15, 0.2) is 6.07 Å². The molecule has 0 aliphatic rings. The van der Waals surface area contributed by atoms with Crippen molar-refractivity contribution in [2.24, 2.45) is 0 Å². The third-order valence-corrected chi connectivity index (χ3v) is 2.52. The largest absolute Gasteiger partial charge is 0.493 e. The van der Waals surface area contributed by atoms with Crippen LogP contribution in [0.3, 0.4) is 0 Å². The van der Waals surface area contributed by atoms with Crippen molar-refractivity contribution in [3.8, 4) is 11.5 Å². The van der Waals surface area contributed by atoms with E-state index < -0.39 is 23.1 Å². The summed E-state index contributed by atoms with van der Waals surface area (Å²) in [6.45, 7) is 1.52. The van der Waals surface area contributed by atoms with Crippen LogP contribution in [0.2, 0.25) is 5.02 Å². The number of methoxy groups -OCH3 is 2. The fourth-order valence-corrected chi connectivity index (χ4v) is 1.64. The lowest BCUT2D eigenvalue weighted by Crippen LogP contribution is -2.20. The van der Waals surface area contributed by atoms with E-state index in [1.807, 2.05) is 0 Å². The minimum atomic E-state index is -1.19. The highest BCUT2D eigenvalue weighted by Crippen LogP contribution is 2.37. The Labute approximate surface area is 114 Å². The minimum Gasteiger partial charge on any atom is -0.493 e. The molecule has 5 nitrogen and oxygen atoms in total. The van der Waals surface area contributed by atoms with Crippen molar-refractivity contribution in [3.63, 3.8) is 0 Å². The molecule has 0 aliphatic carbocycles. The topological polar surface area (TPSA) is 61.8 Å². The van der Waals surface area contributed by atoms with Crippen LogP contribution in [-0.4, -0.2) is 32.6 Å². The van der Waals surface area contributed by atoms with Crippen LogP contribution in [0.1, 0.15) is 17.3 Å². The molecular weight excluding hydrogens is 279 g/mol. The number of benzene rings is 1. The number of carbonyl (C=O) groups is 2. The summed E-state index contributed by atoms with van der Waals surface area (Å²) in [6.07, 6.45) is 0. The molecule has 0 saturated carbocycles. The van der Waals surface area contributed by atoms with Gasteiger partial charge < -0.3 is 14.2 Å². The van der Waals surface area contributed by atoms with Crippen molar-refractivity contribution in [2.45, 2.75) is 6.92 Å². The lowest BCUT2D eigenvalue weighted by Gasteiger charge is -2.13. The van der Waals surface area contributed by atoms with Crippen LogP contribution in [0, 0.1) is 5.82 Å². The first kappa shape index (κ1) is 15.2. The van der Waals surface area contributed by atoms with Gasteiger partial charge in [0.25, 0.3) is 5.78 Å². The third kappa shape index (κ3) is 2.96. The first-order valence-corrected chi connectivity index (χ1v) is 5.67. The molecule has 0 aliphatic heterocycles. The molecule has 0 heterocycles. The van der Waals surface area contributed by atoms with Crippen LogP contribution in [0.4, 0.5) is 4.39 Å². The second-order valence-electron chi connectivity index (χ2n) is 3.33. The van der Waals surface area contributed by atoms with E-state index in [-0.39, 0.29) is 23.1 Å². The normalized spacial score (nSPS) is 9.95. The summed E-state index contributed by atoms with van der Waals surface area (Å²) in [5, 5.41) is -0.356. The Morgan fingerprint density at radius 3 is 2.42 bits per heavy atom. The Morgan fingerprint density at radius 1 is 1.32 bits per heavy atom. The molecule has 0 N–H and O–H groups in total. The number of hydrogen-bond donors (Lipinski definition) is 0. The van der Waals surface area contributed by atoms with Gasteiger partial charge in [0.15, 0.2) is 17.3 Å². The number of carbonyl (C=O) groups excluding carboxylic acids is 2. The maximum Gasteiger partial charge on any atom is 0.379 e. The van der Waals surface area contributed by atoms with Crippen LogP contribution in [0.5, 0.6) is 11.5 Å². The number of rotatable bonds is 5. The summed E-state index contributed by atoms with van der Waals surface area (Å²) >= 11 is 5.64. The number of halogens is 2. The summed E-state index contributed by atoms with van der Waals surface area (Å²) < 4.78 is 28.3. The average Bonchev–Trinajstić information content (AvgIpc) is 2.40. The van der Waals surface area contributed by atoms with Gasteiger partial charge in [-0.3, -0.25) is 4.79 Å². The molecule has 1 aromatic rings. The SMILES string of the molecule is CCOC(=O)C(=O)c1c(F)c(Cl)cc(OC)c1OC. The maximum absolute atomic E-state index is 13.9. The number of ketones is 1. The molecular formula is C12H12ClFO5. The number of ether oxygens (including phenoxy) is 3. The summed E-state index contributed by atoms with van der Waals surface area (Å²) in [6, 6.07) is 1.15. The molecule has 0 bridgehead atoms. The summed E-state index contributed by atoms with van der Waals surface area (Å²) in [5.41, 5.74) is -0.606. The van der Waals surface area contributed by atoms with E-state index in [1.165, 1.54) is 21.1 Å². The summed E-state index contributed by atoms with van der Waals surface area (Å²) in [5.74, 6) is -3.60. The van der Waals surface area contributed by atoms with Crippen molar-refractivity contribution in [3.05, 3.63) is 22.5 Å². The number of esters is 1.